The first-order chi connectivity index (χ1) is 12.2. The molecule has 0 aliphatic heterocycles. The van der Waals surface area contributed by atoms with Crippen LogP contribution in [0, 0.1) is 0 Å². The average Bonchev–Trinajstić information content (AvgIpc) is 3.17. The van der Waals surface area contributed by atoms with Crippen molar-refractivity contribution < 1.29 is 5.11 Å². The van der Waals surface area contributed by atoms with E-state index in [1.165, 1.54) is 11.1 Å². The van der Waals surface area contributed by atoms with Gasteiger partial charge in [-0.15, -0.1) is 0 Å². The second kappa shape index (κ2) is 6.61. The summed E-state index contributed by atoms with van der Waals surface area (Å²) in [5.41, 5.74) is 3.61. The maximum Gasteiger partial charge on any atom is 0.307 e. The number of benzene rings is 2. The quantitative estimate of drug-likeness (QED) is 0.573. The topological polar surface area (TPSA) is 58.0 Å². The number of thiazole rings is 1. The second-order valence-electron chi connectivity index (χ2n) is 6.06. The van der Waals surface area contributed by atoms with Crippen LogP contribution >= 0.6 is 11.3 Å². The fourth-order valence-corrected chi connectivity index (χ4v) is 3.92. The van der Waals surface area contributed by atoms with Crippen LogP contribution in [0.1, 0.15) is 16.0 Å². The highest BCUT2D eigenvalue weighted by atomic mass is 32.1. The van der Waals surface area contributed by atoms with Gasteiger partial charge in [0.1, 0.15) is 0 Å². The molecular weight excluding hydrogens is 332 g/mol. The highest BCUT2D eigenvalue weighted by Crippen LogP contribution is 2.26. The molecule has 2 aromatic heterocycles. The van der Waals surface area contributed by atoms with Gasteiger partial charge in [0.15, 0.2) is 0 Å². The van der Waals surface area contributed by atoms with Gasteiger partial charge >= 0.3 is 4.87 Å². The zero-order valence-corrected chi connectivity index (χ0v) is 14.4. The van der Waals surface area contributed by atoms with E-state index in [-0.39, 0.29) is 10.8 Å². The molecule has 25 heavy (non-hydrogen) atoms. The van der Waals surface area contributed by atoms with Crippen molar-refractivity contribution in [3.63, 3.8) is 0 Å². The van der Waals surface area contributed by atoms with Gasteiger partial charge in [0.05, 0.1) is 4.88 Å². The Kier molecular flexibility index (Phi) is 4.15. The average molecular weight is 350 g/mol. The number of aromatic hydroxyl groups is 1. The van der Waals surface area contributed by atoms with Gasteiger partial charge in [-0.05, 0) is 29.7 Å². The maximum absolute atomic E-state index is 11.4. The summed E-state index contributed by atoms with van der Waals surface area (Å²) in [6.45, 7) is 0.916. The normalized spacial score (nSPS) is 11.2. The van der Waals surface area contributed by atoms with Crippen LogP contribution in [-0.2, 0) is 19.4 Å². The summed E-state index contributed by atoms with van der Waals surface area (Å²) in [5.74, 6) is -0.0180. The Morgan fingerprint density at radius 2 is 1.88 bits per heavy atom. The van der Waals surface area contributed by atoms with Crippen LogP contribution < -0.4 is 4.87 Å². The van der Waals surface area contributed by atoms with Gasteiger partial charge in [0.2, 0.25) is 5.88 Å². The molecule has 126 valence electrons. The summed E-state index contributed by atoms with van der Waals surface area (Å²) in [6.07, 6.45) is 3.64. The molecule has 2 N–H and O–H groups in total. The van der Waals surface area contributed by atoms with Gasteiger partial charge in [-0.2, -0.15) is 0 Å². The molecule has 4 aromatic rings. The minimum Gasteiger partial charge on any atom is -0.494 e. The number of H-pyrrole nitrogens is 1. The van der Waals surface area contributed by atoms with Gasteiger partial charge in [-0.3, -0.25) is 9.78 Å². The van der Waals surface area contributed by atoms with Gasteiger partial charge in [-0.25, -0.2) is 0 Å². The fraction of sp³-hybridized carbons (Fsp3) is 0.150. The standard InChI is InChI=1S/C20H18N2O2S/c23-19-18(25-20(24)21-19)13-15-7-4-8-17-16(15)10-12-22(17)11-9-14-5-2-1-3-6-14/h1-8,10,12,23H,9,11,13H2,(H,21,24). The lowest BCUT2D eigenvalue weighted by Gasteiger charge is -2.07. The van der Waals surface area contributed by atoms with Crippen molar-refractivity contribution in [1.82, 2.24) is 9.55 Å². The van der Waals surface area contributed by atoms with Gasteiger partial charge < -0.3 is 9.67 Å². The highest BCUT2D eigenvalue weighted by molar-refractivity contribution is 7.09. The van der Waals surface area contributed by atoms with Gasteiger partial charge in [0, 0.05) is 30.1 Å². The van der Waals surface area contributed by atoms with E-state index in [0.717, 1.165) is 35.3 Å². The summed E-state index contributed by atoms with van der Waals surface area (Å²) in [7, 11) is 0. The van der Waals surface area contributed by atoms with Crippen LogP contribution in [0.5, 0.6) is 5.88 Å². The number of hydrogen-bond donors (Lipinski definition) is 2. The Morgan fingerprint density at radius 1 is 1.04 bits per heavy atom. The Morgan fingerprint density at radius 3 is 2.64 bits per heavy atom. The van der Waals surface area contributed by atoms with E-state index in [4.69, 9.17) is 0 Å². The van der Waals surface area contributed by atoms with E-state index in [1.54, 1.807) is 0 Å². The highest BCUT2D eigenvalue weighted by Gasteiger charge is 2.11. The molecule has 2 aromatic carbocycles. The molecular formula is C20H18N2O2S. The molecule has 2 heterocycles. The number of aromatic nitrogens is 2. The monoisotopic (exact) mass is 350 g/mol. The molecule has 0 aliphatic carbocycles. The predicted molar refractivity (Wildman–Crippen MR) is 101 cm³/mol. The second-order valence-corrected chi connectivity index (χ2v) is 7.13. The fourth-order valence-electron chi connectivity index (χ4n) is 3.18. The Bertz CT molecular complexity index is 1060. The third kappa shape index (κ3) is 3.23. The third-order valence-electron chi connectivity index (χ3n) is 4.44. The lowest BCUT2D eigenvalue weighted by atomic mass is 10.1. The molecule has 5 heteroatoms. The predicted octanol–water partition coefficient (Wildman–Crippen LogP) is 3.93. The molecule has 0 saturated carbocycles. The minimum atomic E-state index is -0.222. The number of fused-ring (bicyclic) bond motifs is 1. The van der Waals surface area contributed by atoms with Crippen molar-refractivity contribution in [3.05, 3.63) is 86.5 Å². The number of aromatic amines is 1. The van der Waals surface area contributed by atoms with E-state index in [9.17, 15) is 9.90 Å². The van der Waals surface area contributed by atoms with Crippen LogP contribution in [0.4, 0.5) is 0 Å². The zero-order valence-electron chi connectivity index (χ0n) is 13.6. The molecule has 4 rings (SSSR count). The molecule has 0 radical (unpaired) electrons. The largest absolute Gasteiger partial charge is 0.494 e. The lowest BCUT2D eigenvalue weighted by Crippen LogP contribution is -1.99. The molecule has 0 saturated heterocycles. The van der Waals surface area contributed by atoms with Crippen molar-refractivity contribution in [1.29, 1.82) is 0 Å². The van der Waals surface area contributed by atoms with Crippen LogP contribution in [0.2, 0.25) is 0 Å². The van der Waals surface area contributed by atoms with Crippen molar-refractivity contribution in [2.75, 3.05) is 0 Å². The third-order valence-corrected chi connectivity index (χ3v) is 5.31. The molecule has 0 spiro atoms. The van der Waals surface area contributed by atoms with Crippen molar-refractivity contribution >= 4 is 22.2 Å². The molecule has 0 fully saturated rings. The summed E-state index contributed by atoms with van der Waals surface area (Å²) < 4.78 is 2.26. The first-order valence-corrected chi connectivity index (χ1v) is 9.04. The first-order valence-electron chi connectivity index (χ1n) is 8.22. The molecule has 0 bridgehead atoms. The summed E-state index contributed by atoms with van der Waals surface area (Å²) in [5, 5.41) is 11.0. The van der Waals surface area contributed by atoms with Crippen molar-refractivity contribution in [2.24, 2.45) is 0 Å². The van der Waals surface area contributed by atoms with Crippen LogP contribution in [0.25, 0.3) is 10.9 Å². The minimum absolute atomic E-state index is 0.0180. The van der Waals surface area contributed by atoms with E-state index in [0.29, 0.717) is 11.3 Å². The van der Waals surface area contributed by atoms with E-state index >= 15 is 0 Å². The van der Waals surface area contributed by atoms with Crippen LogP contribution in [0.3, 0.4) is 0 Å². The van der Waals surface area contributed by atoms with E-state index in [1.807, 2.05) is 18.2 Å². The van der Waals surface area contributed by atoms with Crippen molar-refractivity contribution in [3.8, 4) is 5.88 Å². The number of hydrogen-bond acceptors (Lipinski definition) is 3. The first kappa shape index (κ1) is 15.7. The SMILES string of the molecule is O=c1[nH]c(O)c(Cc2cccc3c2ccn3CCc2ccccc2)s1. The number of nitrogens with one attached hydrogen (secondary N) is 1. The number of rotatable bonds is 5. The zero-order chi connectivity index (χ0) is 17.2. The van der Waals surface area contributed by atoms with Crippen molar-refractivity contribution in [2.45, 2.75) is 19.4 Å². The van der Waals surface area contributed by atoms with E-state index < -0.39 is 0 Å². The molecule has 0 aliphatic rings. The maximum atomic E-state index is 11.4. The van der Waals surface area contributed by atoms with E-state index in [2.05, 4.69) is 52.1 Å². The molecule has 4 nitrogen and oxygen atoms in total. The Hall–Kier alpha value is -2.79. The van der Waals surface area contributed by atoms with Crippen LogP contribution in [0.15, 0.2) is 65.6 Å². The van der Waals surface area contributed by atoms with Crippen LogP contribution in [-0.4, -0.2) is 14.7 Å². The summed E-state index contributed by atoms with van der Waals surface area (Å²) >= 11 is 1.06. The molecule has 0 amide bonds. The lowest BCUT2D eigenvalue weighted by molar-refractivity contribution is 0.451. The van der Waals surface area contributed by atoms with Gasteiger partial charge in [-0.1, -0.05) is 53.8 Å². The number of aryl methyl sites for hydroxylation is 2. The van der Waals surface area contributed by atoms with Gasteiger partial charge in [0.25, 0.3) is 0 Å². The Balaban J connectivity index is 1.61. The smallest absolute Gasteiger partial charge is 0.307 e. The molecule has 0 atom stereocenters. The molecule has 0 unspecified atom stereocenters. The summed E-state index contributed by atoms with van der Waals surface area (Å²) in [4.78, 5) is 14.3. The Labute approximate surface area is 149 Å². The number of nitrogens with zero attached hydrogens (tertiary/aromatic N) is 1. The summed E-state index contributed by atoms with van der Waals surface area (Å²) in [6, 6.07) is 18.8.